The van der Waals surface area contributed by atoms with Crippen molar-refractivity contribution >= 4 is 101 Å². The first-order valence-electron chi connectivity index (χ1n) is 20.8. The molecule has 0 N–H and O–H groups in total. The average molecular weight is 785 g/mol. The van der Waals surface area contributed by atoms with E-state index in [1.54, 1.807) is 0 Å². The summed E-state index contributed by atoms with van der Waals surface area (Å²) in [6.45, 7) is 0. The van der Waals surface area contributed by atoms with Gasteiger partial charge in [-0.05, 0) is 112 Å². The Morgan fingerprint density at radius 1 is 0.377 bits per heavy atom. The summed E-state index contributed by atoms with van der Waals surface area (Å²) in [4.78, 5) is 4.59. The van der Waals surface area contributed by atoms with Gasteiger partial charge in [0.05, 0.1) is 11.4 Å². The van der Waals surface area contributed by atoms with Crippen LogP contribution in [0.5, 0.6) is 5.75 Å². The van der Waals surface area contributed by atoms with E-state index < -0.39 is 0 Å². The minimum Gasteiger partial charge on any atom is -0.485 e. The van der Waals surface area contributed by atoms with Crippen LogP contribution in [0.3, 0.4) is 0 Å². The lowest BCUT2D eigenvalue weighted by molar-refractivity contribution is 0.288. The highest BCUT2D eigenvalue weighted by Crippen LogP contribution is 2.47. The maximum atomic E-state index is 6.85. The molecule has 0 saturated carbocycles. The van der Waals surface area contributed by atoms with Crippen LogP contribution in [0.4, 0.5) is 34.1 Å². The highest BCUT2D eigenvalue weighted by molar-refractivity contribution is 6.11. The van der Waals surface area contributed by atoms with Crippen molar-refractivity contribution in [2.24, 2.45) is 0 Å². The van der Waals surface area contributed by atoms with Crippen LogP contribution in [0.1, 0.15) is 11.5 Å². The Labute approximate surface area is 350 Å². The molecule has 11 aromatic rings. The Balaban J connectivity index is 0.890. The molecule has 288 valence electrons. The van der Waals surface area contributed by atoms with E-state index in [2.05, 4.69) is 192 Å². The lowest BCUT2D eigenvalue weighted by Crippen LogP contribution is -2.34. The molecule has 3 heterocycles. The standard InChI is InChI=1S/C56H36N2O3/c1-3-13-39(14-4-1)57(49-21-11-19-45-43-17-7-9-23-51(43)60-55(45)49)41-27-25-35-31-47-48-32-36-26-28-42(30-38(36)34-54(48)59-53(47)33-37(35)29-41)58(40-15-5-2-6-16-40)50-22-12-20-46-44-18-8-10-24-52(44)61-56(46)50/h1-34,47,53H. The molecule has 0 spiro atoms. The molecule has 1 aliphatic carbocycles. The van der Waals surface area contributed by atoms with Crippen LogP contribution in [0.15, 0.2) is 203 Å². The number of ether oxygens (including phenoxy) is 1. The molecule has 2 unspecified atom stereocenters. The first-order valence-corrected chi connectivity index (χ1v) is 20.8. The van der Waals surface area contributed by atoms with Crippen molar-refractivity contribution in [3.8, 4) is 5.75 Å². The largest absolute Gasteiger partial charge is 0.485 e. The SMILES string of the molecule is C1=c2ccc(N(c3ccccc3)c3cccc4c3oc3ccccc34)cc2=CC2Oc3cc4cc(N(c5ccccc5)c5cccc6c5oc5ccccc56)ccc4cc3C12. The van der Waals surface area contributed by atoms with Crippen LogP contribution in [-0.4, -0.2) is 6.10 Å². The van der Waals surface area contributed by atoms with E-state index in [1.807, 2.05) is 24.3 Å². The fraction of sp³-hybridized carbons (Fsp3) is 0.0357. The molecular weight excluding hydrogens is 749 g/mol. The van der Waals surface area contributed by atoms with Gasteiger partial charge in [0.25, 0.3) is 0 Å². The Morgan fingerprint density at radius 3 is 1.57 bits per heavy atom. The molecule has 0 fully saturated rings. The molecule has 2 aromatic heterocycles. The van der Waals surface area contributed by atoms with Gasteiger partial charge in [-0.3, -0.25) is 0 Å². The number of hydrogen-bond donors (Lipinski definition) is 0. The molecule has 13 rings (SSSR count). The number of fused-ring (bicyclic) bond motifs is 11. The van der Waals surface area contributed by atoms with Gasteiger partial charge in [0.15, 0.2) is 11.2 Å². The summed E-state index contributed by atoms with van der Waals surface area (Å²) in [5.74, 6) is 1.03. The number of benzene rings is 9. The van der Waals surface area contributed by atoms with Crippen molar-refractivity contribution in [2.45, 2.75) is 12.0 Å². The Kier molecular flexibility index (Phi) is 7.36. The van der Waals surface area contributed by atoms with E-state index >= 15 is 0 Å². The van der Waals surface area contributed by atoms with E-state index in [9.17, 15) is 0 Å². The third-order valence-corrected chi connectivity index (χ3v) is 12.5. The number of rotatable bonds is 6. The highest BCUT2D eigenvalue weighted by Gasteiger charge is 2.34. The molecule has 0 saturated heterocycles. The van der Waals surface area contributed by atoms with Gasteiger partial charge in [-0.2, -0.15) is 0 Å². The molecule has 1 aliphatic heterocycles. The molecule has 2 aliphatic rings. The molecule has 5 heteroatoms. The van der Waals surface area contributed by atoms with Gasteiger partial charge in [-0.1, -0.05) is 115 Å². The van der Waals surface area contributed by atoms with Crippen molar-refractivity contribution in [3.63, 3.8) is 0 Å². The summed E-state index contributed by atoms with van der Waals surface area (Å²) in [5.41, 5.74) is 10.9. The van der Waals surface area contributed by atoms with Gasteiger partial charge in [0, 0.05) is 55.8 Å². The summed E-state index contributed by atoms with van der Waals surface area (Å²) < 4.78 is 20.0. The minimum atomic E-state index is -0.121. The quantitative estimate of drug-likeness (QED) is 0.168. The topological polar surface area (TPSA) is 42.0 Å². The zero-order valence-corrected chi connectivity index (χ0v) is 32.9. The second-order valence-corrected chi connectivity index (χ2v) is 16.0. The monoisotopic (exact) mass is 784 g/mol. The summed E-state index contributed by atoms with van der Waals surface area (Å²) in [5, 5.41) is 9.06. The molecular formula is C56H36N2O3. The number of anilines is 6. The van der Waals surface area contributed by atoms with E-state index in [0.717, 1.165) is 94.4 Å². The summed E-state index contributed by atoms with van der Waals surface area (Å²) >= 11 is 0. The fourth-order valence-corrected chi connectivity index (χ4v) is 9.70. The van der Waals surface area contributed by atoms with E-state index in [4.69, 9.17) is 13.6 Å². The lowest BCUT2D eigenvalue weighted by atomic mass is 9.89. The summed E-state index contributed by atoms with van der Waals surface area (Å²) in [6, 6.07) is 68.4. The van der Waals surface area contributed by atoms with Crippen molar-refractivity contribution in [2.75, 3.05) is 9.80 Å². The molecule has 0 amide bonds. The van der Waals surface area contributed by atoms with Gasteiger partial charge in [-0.25, -0.2) is 0 Å². The van der Waals surface area contributed by atoms with Gasteiger partial charge in [0.1, 0.15) is 23.0 Å². The van der Waals surface area contributed by atoms with Gasteiger partial charge < -0.3 is 23.4 Å². The van der Waals surface area contributed by atoms with Crippen molar-refractivity contribution < 1.29 is 13.6 Å². The summed E-state index contributed by atoms with van der Waals surface area (Å²) in [6.07, 6.45) is 4.56. The number of furan rings is 2. The first kappa shape index (κ1) is 33.9. The van der Waals surface area contributed by atoms with E-state index in [0.29, 0.717) is 0 Å². The van der Waals surface area contributed by atoms with E-state index in [1.165, 1.54) is 16.2 Å². The van der Waals surface area contributed by atoms with Crippen LogP contribution in [-0.2, 0) is 0 Å². The maximum Gasteiger partial charge on any atom is 0.159 e. The molecule has 0 bridgehead atoms. The third-order valence-electron chi connectivity index (χ3n) is 12.5. The van der Waals surface area contributed by atoms with Crippen LogP contribution in [0, 0.1) is 0 Å². The fourth-order valence-electron chi connectivity index (χ4n) is 9.70. The normalized spacial score (nSPS) is 15.3. The van der Waals surface area contributed by atoms with Crippen LogP contribution >= 0.6 is 0 Å². The molecule has 5 nitrogen and oxygen atoms in total. The molecule has 2 atom stereocenters. The molecule has 9 aromatic carbocycles. The minimum absolute atomic E-state index is 0.110. The third kappa shape index (κ3) is 5.34. The Bertz CT molecular complexity index is 3660. The Hall–Kier alpha value is -8.02. The lowest BCUT2D eigenvalue weighted by Gasteiger charge is -2.26. The molecule has 0 radical (unpaired) electrons. The zero-order chi connectivity index (χ0) is 40.0. The molecule has 61 heavy (non-hydrogen) atoms. The van der Waals surface area contributed by atoms with Gasteiger partial charge in [-0.15, -0.1) is 0 Å². The maximum absolute atomic E-state index is 6.85. The van der Waals surface area contributed by atoms with Gasteiger partial charge in [0.2, 0.25) is 0 Å². The Morgan fingerprint density at radius 2 is 0.934 bits per heavy atom. The van der Waals surface area contributed by atoms with Crippen LogP contribution in [0.25, 0.3) is 66.8 Å². The number of para-hydroxylation sites is 6. The zero-order valence-electron chi connectivity index (χ0n) is 32.9. The predicted octanol–water partition coefficient (Wildman–Crippen LogP) is 13.7. The van der Waals surface area contributed by atoms with Crippen LogP contribution in [0.2, 0.25) is 0 Å². The van der Waals surface area contributed by atoms with E-state index in [-0.39, 0.29) is 12.0 Å². The number of hydrogen-bond acceptors (Lipinski definition) is 5. The van der Waals surface area contributed by atoms with Crippen LogP contribution < -0.4 is 25.0 Å². The van der Waals surface area contributed by atoms with Crippen molar-refractivity contribution in [1.29, 1.82) is 0 Å². The second-order valence-electron chi connectivity index (χ2n) is 16.0. The van der Waals surface area contributed by atoms with Gasteiger partial charge >= 0.3 is 0 Å². The van der Waals surface area contributed by atoms with Crippen molar-refractivity contribution in [3.05, 3.63) is 210 Å². The smallest absolute Gasteiger partial charge is 0.159 e. The van der Waals surface area contributed by atoms with Crippen molar-refractivity contribution in [1.82, 2.24) is 0 Å². The number of nitrogens with zero attached hydrogens (tertiary/aromatic N) is 2. The second kappa shape index (κ2) is 13.2. The summed E-state index contributed by atoms with van der Waals surface area (Å²) in [7, 11) is 0. The predicted molar refractivity (Wildman–Crippen MR) is 250 cm³/mol. The average Bonchev–Trinajstić information content (AvgIpc) is 4.00. The highest BCUT2D eigenvalue weighted by atomic mass is 16.5. The first-order chi connectivity index (χ1) is 30.2.